The zero-order valence-electron chi connectivity index (χ0n) is 7.59. The van der Waals surface area contributed by atoms with Gasteiger partial charge in [0.2, 0.25) is 0 Å². The zero-order chi connectivity index (χ0) is 9.26. The molecule has 0 radical (unpaired) electrons. The second-order valence-electron chi connectivity index (χ2n) is 3.37. The third kappa shape index (κ3) is 1.45. The van der Waals surface area contributed by atoms with E-state index in [4.69, 9.17) is 5.73 Å². The molecule has 2 nitrogen and oxygen atoms in total. The standard InChI is InChI=1S/C11H14N2/c1-2-8-3-4-9-10(12)5-6-13-11(9)7-8/h2-4,7,10,13H,1,5-6,12H2. The van der Waals surface area contributed by atoms with Gasteiger partial charge in [0.05, 0.1) is 0 Å². The van der Waals surface area contributed by atoms with Gasteiger partial charge >= 0.3 is 0 Å². The van der Waals surface area contributed by atoms with Crippen molar-refractivity contribution in [1.29, 1.82) is 0 Å². The molecule has 13 heavy (non-hydrogen) atoms. The van der Waals surface area contributed by atoms with Crippen molar-refractivity contribution in [2.75, 3.05) is 11.9 Å². The number of nitrogens with one attached hydrogen (secondary N) is 1. The van der Waals surface area contributed by atoms with Crippen LogP contribution in [0.3, 0.4) is 0 Å². The van der Waals surface area contributed by atoms with Crippen molar-refractivity contribution in [2.24, 2.45) is 5.73 Å². The van der Waals surface area contributed by atoms with Crippen molar-refractivity contribution in [3.8, 4) is 0 Å². The van der Waals surface area contributed by atoms with Gasteiger partial charge in [-0.05, 0) is 23.6 Å². The number of rotatable bonds is 1. The third-order valence-corrected chi connectivity index (χ3v) is 2.48. The van der Waals surface area contributed by atoms with Crippen LogP contribution in [0, 0.1) is 0 Å². The van der Waals surface area contributed by atoms with Gasteiger partial charge in [-0.3, -0.25) is 0 Å². The normalized spacial score (nSPS) is 20.2. The third-order valence-electron chi connectivity index (χ3n) is 2.48. The van der Waals surface area contributed by atoms with Crippen LogP contribution in [0.1, 0.15) is 23.6 Å². The molecule has 1 heterocycles. The number of benzene rings is 1. The van der Waals surface area contributed by atoms with Gasteiger partial charge in [0.1, 0.15) is 0 Å². The van der Waals surface area contributed by atoms with Crippen LogP contribution < -0.4 is 11.1 Å². The van der Waals surface area contributed by atoms with Gasteiger partial charge < -0.3 is 11.1 Å². The lowest BCUT2D eigenvalue weighted by atomic mass is 9.97. The summed E-state index contributed by atoms with van der Waals surface area (Å²) in [6, 6.07) is 6.43. The minimum absolute atomic E-state index is 0.190. The Morgan fingerprint density at radius 2 is 2.38 bits per heavy atom. The first kappa shape index (κ1) is 8.32. The number of nitrogens with two attached hydrogens (primary N) is 1. The van der Waals surface area contributed by atoms with Crippen LogP contribution in [-0.2, 0) is 0 Å². The van der Waals surface area contributed by atoms with Crippen molar-refractivity contribution in [2.45, 2.75) is 12.5 Å². The maximum Gasteiger partial charge on any atom is 0.0394 e. The van der Waals surface area contributed by atoms with Gasteiger partial charge in [-0.2, -0.15) is 0 Å². The summed E-state index contributed by atoms with van der Waals surface area (Å²) in [7, 11) is 0. The highest BCUT2D eigenvalue weighted by Gasteiger charge is 2.15. The highest BCUT2D eigenvalue weighted by Crippen LogP contribution is 2.28. The zero-order valence-corrected chi connectivity index (χ0v) is 7.59. The molecule has 0 saturated heterocycles. The Balaban J connectivity index is 2.45. The van der Waals surface area contributed by atoms with E-state index >= 15 is 0 Å². The average Bonchev–Trinajstić information content (AvgIpc) is 2.18. The molecule has 3 N–H and O–H groups in total. The first-order valence-electron chi connectivity index (χ1n) is 4.57. The lowest BCUT2D eigenvalue weighted by Crippen LogP contribution is -2.22. The molecule has 0 bridgehead atoms. The Labute approximate surface area is 78.5 Å². The van der Waals surface area contributed by atoms with Crippen molar-refractivity contribution >= 4 is 11.8 Å². The second-order valence-corrected chi connectivity index (χ2v) is 3.37. The Kier molecular flexibility index (Phi) is 2.07. The molecule has 0 saturated carbocycles. The molecule has 0 aliphatic carbocycles. The van der Waals surface area contributed by atoms with Crippen LogP contribution in [0.2, 0.25) is 0 Å². The molecule has 1 aromatic rings. The van der Waals surface area contributed by atoms with Gasteiger partial charge in [0.25, 0.3) is 0 Å². The summed E-state index contributed by atoms with van der Waals surface area (Å²) in [4.78, 5) is 0. The van der Waals surface area contributed by atoms with E-state index in [-0.39, 0.29) is 6.04 Å². The molecule has 1 aromatic carbocycles. The highest BCUT2D eigenvalue weighted by molar-refractivity contribution is 5.62. The van der Waals surface area contributed by atoms with Gasteiger partial charge in [0.15, 0.2) is 0 Å². The van der Waals surface area contributed by atoms with Crippen molar-refractivity contribution in [3.63, 3.8) is 0 Å². The van der Waals surface area contributed by atoms with Crippen LogP contribution in [-0.4, -0.2) is 6.54 Å². The van der Waals surface area contributed by atoms with Crippen LogP contribution in [0.5, 0.6) is 0 Å². The van der Waals surface area contributed by atoms with E-state index < -0.39 is 0 Å². The predicted molar refractivity (Wildman–Crippen MR) is 56.6 cm³/mol. The molecule has 68 valence electrons. The fourth-order valence-electron chi connectivity index (χ4n) is 1.70. The van der Waals surface area contributed by atoms with E-state index in [9.17, 15) is 0 Å². The molecule has 0 spiro atoms. The molecular formula is C11H14N2. The maximum atomic E-state index is 5.97. The lowest BCUT2D eigenvalue weighted by Gasteiger charge is -2.23. The van der Waals surface area contributed by atoms with E-state index in [1.54, 1.807) is 0 Å². The second kappa shape index (κ2) is 3.23. The topological polar surface area (TPSA) is 38.0 Å². The summed E-state index contributed by atoms with van der Waals surface area (Å²) < 4.78 is 0. The molecule has 0 fully saturated rings. The summed E-state index contributed by atoms with van der Waals surface area (Å²) in [6.45, 7) is 4.71. The SMILES string of the molecule is C=Cc1ccc2c(c1)NCCC2N. The number of hydrogen-bond acceptors (Lipinski definition) is 2. The Morgan fingerprint density at radius 1 is 1.54 bits per heavy atom. The largest absolute Gasteiger partial charge is 0.385 e. The van der Waals surface area contributed by atoms with Gasteiger partial charge in [0, 0.05) is 18.3 Å². The fraction of sp³-hybridized carbons (Fsp3) is 0.273. The fourth-order valence-corrected chi connectivity index (χ4v) is 1.70. The molecule has 1 unspecified atom stereocenters. The van der Waals surface area contributed by atoms with Gasteiger partial charge in [-0.25, -0.2) is 0 Å². The van der Waals surface area contributed by atoms with E-state index in [0.29, 0.717) is 0 Å². The Bertz CT molecular complexity index is 331. The summed E-state index contributed by atoms with van der Waals surface area (Å²) in [6.07, 6.45) is 2.86. The molecule has 2 rings (SSSR count). The first-order valence-corrected chi connectivity index (χ1v) is 4.57. The quantitative estimate of drug-likeness (QED) is 0.684. The minimum atomic E-state index is 0.190. The molecular weight excluding hydrogens is 160 g/mol. The number of anilines is 1. The number of fused-ring (bicyclic) bond motifs is 1. The van der Waals surface area contributed by atoms with Crippen LogP contribution >= 0.6 is 0 Å². The summed E-state index contributed by atoms with van der Waals surface area (Å²) >= 11 is 0. The summed E-state index contributed by atoms with van der Waals surface area (Å²) in [5.74, 6) is 0. The monoisotopic (exact) mass is 174 g/mol. The van der Waals surface area contributed by atoms with Gasteiger partial charge in [-0.1, -0.05) is 24.8 Å². The average molecular weight is 174 g/mol. The van der Waals surface area contributed by atoms with Crippen molar-refractivity contribution in [3.05, 3.63) is 35.9 Å². The number of hydrogen-bond donors (Lipinski definition) is 2. The van der Waals surface area contributed by atoms with Crippen LogP contribution in [0.25, 0.3) is 6.08 Å². The minimum Gasteiger partial charge on any atom is -0.385 e. The Hall–Kier alpha value is -1.28. The van der Waals surface area contributed by atoms with Crippen molar-refractivity contribution < 1.29 is 0 Å². The summed E-state index contributed by atoms with van der Waals surface area (Å²) in [5.41, 5.74) is 9.49. The molecule has 1 atom stereocenters. The first-order chi connectivity index (χ1) is 6.31. The van der Waals surface area contributed by atoms with Crippen molar-refractivity contribution in [1.82, 2.24) is 0 Å². The van der Waals surface area contributed by atoms with E-state index in [2.05, 4.69) is 30.1 Å². The lowest BCUT2D eigenvalue weighted by molar-refractivity contribution is 0.655. The molecule has 0 aromatic heterocycles. The molecule has 0 amide bonds. The maximum absolute atomic E-state index is 5.97. The molecule has 2 heteroatoms. The molecule has 1 aliphatic rings. The van der Waals surface area contributed by atoms with E-state index in [1.165, 1.54) is 5.56 Å². The smallest absolute Gasteiger partial charge is 0.0394 e. The summed E-state index contributed by atoms with van der Waals surface area (Å²) in [5, 5.41) is 3.34. The predicted octanol–water partition coefficient (Wildman–Crippen LogP) is 2.14. The van der Waals surface area contributed by atoms with Crippen LogP contribution in [0.15, 0.2) is 24.8 Å². The molecule has 1 aliphatic heterocycles. The van der Waals surface area contributed by atoms with E-state index in [1.807, 2.05) is 6.08 Å². The highest BCUT2D eigenvalue weighted by atomic mass is 14.9. The Morgan fingerprint density at radius 3 is 3.15 bits per heavy atom. The van der Waals surface area contributed by atoms with E-state index in [0.717, 1.165) is 24.2 Å². The van der Waals surface area contributed by atoms with Gasteiger partial charge in [-0.15, -0.1) is 0 Å². The van der Waals surface area contributed by atoms with Crippen LogP contribution in [0.4, 0.5) is 5.69 Å².